The van der Waals surface area contributed by atoms with Crippen LogP contribution in [0.3, 0.4) is 0 Å². The monoisotopic (exact) mass is 539 g/mol. The van der Waals surface area contributed by atoms with Crippen LogP contribution in [0.25, 0.3) is 55.4 Å². The summed E-state index contributed by atoms with van der Waals surface area (Å²) < 4.78 is 50.0. The maximum Gasteiger partial charge on any atom is 0.241 e. The lowest BCUT2D eigenvalue weighted by Gasteiger charge is -2.08. The van der Waals surface area contributed by atoms with Gasteiger partial charge in [0.1, 0.15) is 11.2 Å². The predicted octanol–water partition coefficient (Wildman–Crippen LogP) is 3.30. The fourth-order valence-corrected chi connectivity index (χ4v) is 7.08. The normalized spacial score (nSPS) is 12.6. The predicted molar refractivity (Wildman–Crippen MR) is 137 cm³/mol. The summed E-state index contributed by atoms with van der Waals surface area (Å²) in [5.74, 6) is 0.485. The minimum Gasteiger partial charge on any atom is -0.336 e. The molecule has 0 aliphatic heterocycles. The molecule has 0 saturated heterocycles. The molecule has 1 aromatic carbocycles. The summed E-state index contributed by atoms with van der Waals surface area (Å²) in [6, 6.07) is 13.1. The SMILES string of the molecule is CS(=O)(=O)c1ncc(-c2ccc3[nH]nc(-c4nc5c(-c6cccs6)cccc5[nH]4)c3n2)n1S(C)(=O)=O. The van der Waals surface area contributed by atoms with Crippen LogP contribution in [-0.4, -0.2) is 63.5 Å². The van der Waals surface area contributed by atoms with Gasteiger partial charge in [-0.3, -0.25) is 5.10 Å². The largest absolute Gasteiger partial charge is 0.336 e. The van der Waals surface area contributed by atoms with Gasteiger partial charge in [-0.25, -0.2) is 35.8 Å². The van der Waals surface area contributed by atoms with Crippen LogP contribution in [0.5, 0.6) is 0 Å². The average molecular weight is 540 g/mol. The summed E-state index contributed by atoms with van der Waals surface area (Å²) in [5, 5.41) is 8.74. The Balaban J connectivity index is 1.54. The Hall–Kier alpha value is -3.88. The number of benzene rings is 1. The number of aromatic nitrogens is 7. The lowest BCUT2D eigenvalue weighted by molar-refractivity contribution is 0.574. The number of aromatic amines is 2. The molecule has 0 bridgehead atoms. The van der Waals surface area contributed by atoms with Crippen molar-refractivity contribution < 1.29 is 16.8 Å². The molecule has 0 aliphatic carbocycles. The second-order valence-corrected chi connectivity index (χ2v) is 12.8. The summed E-state index contributed by atoms with van der Waals surface area (Å²) in [7, 11) is -7.92. The zero-order valence-corrected chi connectivity index (χ0v) is 21.2. The second kappa shape index (κ2) is 7.81. The van der Waals surface area contributed by atoms with Gasteiger partial charge in [-0.15, -0.1) is 11.3 Å². The van der Waals surface area contributed by atoms with Crippen LogP contribution in [0, 0.1) is 0 Å². The van der Waals surface area contributed by atoms with Gasteiger partial charge < -0.3 is 4.98 Å². The van der Waals surface area contributed by atoms with Crippen LogP contribution in [0.15, 0.2) is 59.2 Å². The molecular formula is C22H17N7O4S3. The first kappa shape index (κ1) is 22.6. The van der Waals surface area contributed by atoms with Crippen molar-refractivity contribution in [1.82, 2.24) is 34.1 Å². The fraction of sp³-hybridized carbons (Fsp3) is 0.0909. The Bertz CT molecular complexity index is 2000. The molecule has 0 spiro atoms. The summed E-state index contributed by atoms with van der Waals surface area (Å²) in [5.41, 5.74) is 4.32. The van der Waals surface area contributed by atoms with E-state index in [0.29, 0.717) is 26.5 Å². The zero-order chi connectivity index (χ0) is 25.2. The van der Waals surface area contributed by atoms with Crippen LogP contribution in [0.4, 0.5) is 0 Å². The van der Waals surface area contributed by atoms with Crippen molar-refractivity contribution in [2.45, 2.75) is 5.16 Å². The summed E-state index contributed by atoms with van der Waals surface area (Å²) >= 11 is 1.62. The smallest absolute Gasteiger partial charge is 0.241 e. The number of rotatable bonds is 5. The van der Waals surface area contributed by atoms with E-state index in [1.54, 1.807) is 23.5 Å². The Morgan fingerprint density at radius 1 is 0.917 bits per heavy atom. The topological polar surface area (TPSA) is 156 Å². The highest BCUT2D eigenvalue weighted by Gasteiger charge is 2.27. The molecule has 6 rings (SSSR count). The van der Waals surface area contributed by atoms with Crippen molar-refractivity contribution in [3.63, 3.8) is 0 Å². The van der Waals surface area contributed by atoms with Gasteiger partial charge in [0.25, 0.3) is 0 Å². The van der Waals surface area contributed by atoms with E-state index in [9.17, 15) is 16.8 Å². The van der Waals surface area contributed by atoms with E-state index >= 15 is 0 Å². The number of sulfone groups is 1. The first-order chi connectivity index (χ1) is 17.1. The molecule has 0 atom stereocenters. The minimum atomic E-state index is -4.00. The zero-order valence-electron chi connectivity index (χ0n) is 18.8. The average Bonchev–Trinajstić information content (AvgIpc) is 3.61. The van der Waals surface area contributed by atoms with Crippen LogP contribution >= 0.6 is 11.3 Å². The number of thiophene rings is 1. The number of hydrogen-bond donors (Lipinski definition) is 2. The van der Waals surface area contributed by atoms with E-state index in [2.05, 4.69) is 25.1 Å². The van der Waals surface area contributed by atoms with Gasteiger partial charge >= 0.3 is 0 Å². The van der Waals surface area contributed by atoms with Gasteiger partial charge in [0.15, 0.2) is 11.5 Å². The molecule has 0 saturated carbocycles. The van der Waals surface area contributed by atoms with Crippen LogP contribution < -0.4 is 0 Å². The van der Waals surface area contributed by atoms with Crippen molar-refractivity contribution in [3.05, 3.63) is 54.0 Å². The van der Waals surface area contributed by atoms with Crippen molar-refractivity contribution in [2.75, 3.05) is 12.5 Å². The summed E-state index contributed by atoms with van der Waals surface area (Å²) in [6.45, 7) is 0. The highest BCUT2D eigenvalue weighted by molar-refractivity contribution is 7.92. The van der Waals surface area contributed by atoms with Gasteiger partial charge in [0, 0.05) is 16.7 Å². The fourth-order valence-electron chi connectivity index (χ4n) is 4.04. The number of fused-ring (bicyclic) bond motifs is 2. The first-order valence-electron chi connectivity index (χ1n) is 10.5. The van der Waals surface area contributed by atoms with Crippen molar-refractivity contribution in [3.8, 4) is 33.3 Å². The van der Waals surface area contributed by atoms with Gasteiger partial charge in [-0.2, -0.15) is 5.10 Å². The van der Waals surface area contributed by atoms with Gasteiger partial charge in [0.05, 0.1) is 34.7 Å². The standard InChI is InChI=1S/C22H17N7O4S3/c1-35(30,31)22-23-11-16(29(22)36(2,32)33)13-8-9-15-19(24-13)20(28-27-15)21-25-14-6-3-5-12(18(14)26-21)17-7-4-10-34-17/h3-11H,1-2H3,(H,25,26)(H,27,28). The van der Waals surface area contributed by atoms with Gasteiger partial charge in [-0.1, -0.05) is 18.2 Å². The molecule has 182 valence electrons. The molecule has 0 aliphatic rings. The minimum absolute atomic E-state index is 0.0246. The van der Waals surface area contributed by atoms with Crippen molar-refractivity contribution in [2.24, 2.45) is 0 Å². The quantitative estimate of drug-likeness (QED) is 0.338. The second-order valence-electron chi connectivity index (χ2n) is 8.15. The number of pyridine rings is 1. The molecule has 6 aromatic rings. The lowest BCUT2D eigenvalue weighted by Crippen LogP contribution is -2.18. The summed E-state index contributed by atoms with van der Waals surface area (Å²) in [4.78, 5) is 17.6. The van der Waals surface area contributed by atoms with Crippen LogP contribution in [0.1, 0.15) is 0 Å². The molecule has 14 heteroatoms. The van der Waals surface area contributed by atoms with E-state index in [1.165, 1.54) is 6.20 Å². The van der Waals surface area contributed by atoms with E-state index in [-0.39, 0.29) is 11.4 Å². The third kappa shape index (κ3) is 3.61. The lowest BCUT2D eigenvalue weighted by atomic mass is 10.1. The summed E-state index contributed by atoms with van der Waals surface area (Å²) in [6.07, 6.45) is 2.99. The Morgan fingerprint density at radius 2 is 1.75 bits per heavy atom. The van der Waals surface area contributed by atoms with E-state index < -0.39 is 25.0 Å². The number of H-pyrrole nitrogens is 2. The third-order valence-corrected chi connectivity index (χ3v) is 8.55. The number of hydrogen-bond acceptors (Lipinski definition) is 9. The Morgan fingerprint density at radius 3 is 2.47 bits per heavy atom. The molecular weight excluding hydrogens is 522 g/mol. The highest BCUT2D eigenvalue weighted by atomic mass is 32.2. The molecule has 5 heterocycles. The van der Waals surface area contributed by atoms with Gasteiger partial charge in [-0.05, 0) is 29.6 Å². The molecule has 5 aromatic heterocycles. The van der Waals surface area contributed by atoms with Crippen molar-refractivity contribution >= 4 is 53.3 Å². The number of nitrogens with one attached hydrogen (secondary N) is 2. The molecule has 0 radical (unpaired) electrons. The molecule has 0 fully saturated rings. The third-order valence-electron chi connectivity index (χ3n) is 5.55. The maximum absolute atomic E-state index is 12.5. The molecule has 11 nitrogen and oxygen atoms in total. The Kier molecular flexibility index (Phi) is 4.90. The molecule has 36 heavy (non-hydrogen) atoms. The molecule has 2 N–H and O–H groups in total. The first-order valence-corrected chi connectivity index (χ1v) is 15.1. The number of nitrogens with zero attached hydrogens (tertiary/aromatic N) is 5. The van der Waals surface area contributed by atoms with Gasteiger partial charge in [0.2, 0.25) is 25.0 Å². The highest BCUT2D eigenvalue weighted by Crippen LogP contribution is 2.34. The molecule has 0 unspecified atom stereocenters. The number of imidazole rings is 2. The van der Waals surface area contributed by atoms with Crippen LogP contribution in [0.2, 0.25) is 0 Å². The maximum atomic E-state index is 12.5. The Labute approximate surface area is 208 Å². The van der Waals surface area contributed by atoms with E-state index in [1.807, 2.05) is 35.7 Å². The number of para-hydroxylation sites is 1. The van der Waals surface area contributed by atoms with Crippen molar-refractivity contribution in [1.29, 1.82) is 0 Å². The molecule has 0 amide bonds. The van der Waals surface area contributed by atoms with E-state index in [4.69, 9.17) is 4.98 Å². The van der Waals surface area contributed by atoms with E-state index in [0.717, 1.165) is 34.0 Å². The van der Waals surface area contributed by atoms with Crippen LogP contribution in [-0.2, 0) is 19.9 Å².